The molecular formula is C39H33ClF2N2O2S2. The van der Waals surface area contributed by atoms with E-state index < -0.39 is 11.6 Å². The molecule has 9 heteroatoms. The van der Waals surface area contributed by atoms with E-state index in [9.17, 15) is 19.0 Å². The smallest absolute Gasteiger partial charge is 0.174 e. The van der Waals surface area contributed by atoms with Gasteiger partial charge >= 0.3 is 0 Å². The summed E-state index contributed by atoms with van der Waals surface area (Å²) in [7, 11) is 0. The summed E-state index contributed by atoms with van der Waals surface area (Å²) in [5, 5.41) is 26.4. The highest BCUT2D eigenvalue weighted by Crippen LogP contribution is 2.34. The molecule has 0 radical (unpaired) electrons. The number of benzene rings is 6. The molecular weight excluding hydrogens is 666 g/mol. The minimum atomic E-state index is -0.635. The van der Waals surface area contributed by atoms with E-state index in [1.54, 1.807) is 47.8 Å². The Balaban J connectivity index is 0.000000188. The Morgan fingerprint density at radius 3 is 1.42 bits per heavy atom. The first-order chi connectivity index (χ1) is 23.3. The van der Waals surface area contributed by atoms with Crippen molar-refractivity contribution in [2.24, 2.45) is 0 Å². The molecule has 6 aromatic rings. The van der Waals surface area contributed by atoms with Crippen LogP contribution in [0.2, 0.25) is 5.02 Å². The van der Waals surface area contributed by atoms with Crippen LogP contribution < -0.4 is 10.6 Å². The summed E-state index contributed by atoms with van der Waals surface area (Å²) in [4.78, 5) is 4.47. The molecule has 0 spiro atoms. The lowest BCUT2D eigenvalue weighted by Gasteiger charge is -2.12. The average Bonchev–Trinajstić information content (AvgIpc) is 3.09. The second kappa shape index (κ2) is 17.0. The number of rotatable bonds is 10. The molecule has 0 fully saturated rings. The topological polar surface area (TPSA) is 64.5 Å². The number of anilines is 2. The maximum absolute atomic E-state index is 13.4. The zero-order chi connectivity index (χ0) is 33.9. The van der Waals surface area contributed by atoms with Crippen molar-refractivity contribution in [3.05, 3.63) is 167 Å². The van der Waals surface area contributed by atoms with Crippen LogP contribution in [0.15, 0.2) is 153 Å². The van der Waals surface area contributed by atoms with Gasteiger partial charge in [0.25, 0.3) is 0 Å². The van der Waals surface area contributed by atoms with Crippen molar-refractivity contribution in [3.8, 4) is 11.5 Å². The van der Waals surface area contributed by atoms with Crippen LogP contribution in [0.5, 0.6) is 11.5 Å². The number of aryl methyl sites for hydroxylation is 1. The molecule has 0 aromatic heterocycles. The number of phenols is 2. The van der Waals surface area contributed by atoms with Crippen molar-refractivity contribution in [1.82, 2.24) is 0 Å². The van der Waals surface area contributed by atoms with Crippen LogP contribution in [-0.4, -0.2) is 10.2 Å². The summed E-state index contributed by atoms with van der Waals surface area (Å²) in [5.41, 5.74) is 4.15. The highest BCUT2D eigenvalue weighted by molar-refractivity contribution is 7.99. The van der Waals surface area contributed by atoms with Gasteiger partial charge in [0, 0.05) is 37.7 Å². The van der Waals surface area contributed by atoms with Crippen molar-refractivity contribution in [3.63, 3.8) is 0 Å². The Bertz CT molecular complexity index is 1820. The molecule has 0 amide bonds. The molecule has 48 heavy (non-hydrogen) atoms. The molecule has 0 aliphatic heterocycles. The molecule has 244 valence electrons. The van der Waals surface area contributed by atoms with E-state index in [1.165, 1.54) is 22.6 Å². The van der Waals surface area contributed by atoms with Gasteiger partial charge in [-0.05, 0) is 90.8 Å². The summed E-state index contributed by atoms with van der Waals surface area (Å²) in [5.74, 6) is -1.97. The molecule has 0 heterocycles. The predicted octanol–water partition coefficient (Wildman–Crippen LogP) is 11.6. The normalized spacial score (nSPS) is 10.6. The fraction of sp³-hybridized carbons (Fsp3) is 0.0769. The zero-order valence-electron chi connectivity index (χ0n) is 26.0. The van der Waals surface area contributed by atoms with Crippen LogP contribution >= 0.6 is 35.1 Å². The maximum atomic E-state index is 13.4. The standard InChI is InChI=1S/C20H18FNOS.C19H15ClFNOS/c1-14-9-11-16(12-10-14)24-19-8-3-2-5-15(19)13-22-18-7-4-6-17(21)20(18)23;20-14-8-10-15(11-9-14)24-18-7-2-1-4-13(18)12-22-17-6-3-5-16(21)19(17)23/h2-12,22-23H,13H2,1H3;1-11,22-23H,12H2. The van der Waals surface area contributed by atoms with Crippen LogP contribution in [0.25, 0.3) is 0 Å². The molecule has 4 N–H and O–H groups in total. The van der Waals surface area contributed by atoms with Gasteiger partial charge in [0.15, 0.2) is 23.1 Å². The lowest BCUT2D eigenvalue weighted by Crippen LogP contribution is -2.01. The molecule has 0 unspecified atom stereocenters. The Morgan fingerprint density at radius 1 is 0.542 bits per heavy atom. The quantitative estimate of drug-likeness (QED) is 0.107. The van der Waals surface area contributed by atoms with E-state index in [0.29, 0.717) is 29.5 Å². The van der Waals surface area contributed by atoms with Crippen molar-refractivity contribution in [2.75, 3.05) is 10.6 Å². The fourth-order valence-electron chi connectivity index (χ4n) is 4.56. The zero-order valence-corrected chi connectivity index (χ0v) is 28.3. The summed E-state index contributed by atoms with van der Waals surface area (Å²) in [6, 6.07) is 41.0. The monoisotopic (exact) mass is 698 g/mol. The van der Waals surface area contributed by atoms with E-state index in [2.05, 4.69) is 47.9 Å². The third-order valence-corrected chi connectivity index (χ3v) is 9.65. The van der Waals surface area contributed by atoms with E-state index in [4.69, 9.17) is 11.6 Å². The second-order valence-corrected chi connectivity index (χ2v) is 13.3. The Labute approximate surface area is 292 Å². The summed E-state index contributed by atoms with van der Waals surface area (Å²) in [6.45, 7) is 3.05. The van der Waals surface area contributed by atoms with Crippen molar-refractivity contribution in [2.45, 2.75) is 39.6 Å². The van der Waals surface area contributed by atoms with Gasteiger partial charge in [0.2, 0.25) is 0 Å². The molecule has 0 aliphatic carbocycles. The van der Waals surface area contributed by atoms with Crippen LogP contribution in [0, 0.1) is 18.6 Å². The van der Waals surface area contributed by atoms with Crippen molar-refractivity contribution >= 4 is 46.5 Å². The van der Waals surface area contributed by atoms with Crippen molar-refractivity contribution in [1.29, 1.82) is 0 Å². The minimum Gasteiger partial charge on any atom is -0.503 e. The fourth-order valence-corrected chi connectivity index (χ4v) is 6.57. The van der Waals surface area contributed by atoms with Gasteiger partial charge < -0.3 is 20.8 Å². The first-order valence-electron chi connectivity index (χ1n) is 15.0. The number of hydrogen-bond acceptors (Lipinski definition) is 6. The molecule has 0 bridgehead atoms. The largest absolute Gasteiger partial charge is 0.503 e. The van der Waals surface area contributed by atoms with Gasteiger partial charge in [-0.15, -0.1) is 0 Å². The van der Waals surface area contributed by atoms with Gasteiger partial charge in [0.1, 0.15) is 0 Å². The molecule has 0 saturated heterocycles. The molecule has 6 rings (SSSR count). The highest BCUT2D eigenvalue weighted by atomic mass is 35.5. The number of nitrogens with one attached hydrogen (secondary N) is 2. The third-order valence-electron chi connectivity index (χ3n) is 7.15. The first kappa shape index (κ1) is 34.7. The number of aromatic hydroxyl groups is 2. The molecule has 4 nitrogen and oxygen atoms in total. The van der Waals surface area contributed by atoms with Gasteiger partial charge in [-0.25, -0.2) is 8.78 Å². The average molecular weight is 699 g/mol. The second-order valence-electron chi connectivity index (χ2n) is 10.7. The number of hydrogen-bond donors (Lipinski definition) is 4. The molecule has 0 atom stereocenters. The highest BCUT2D eigenvalue weighted by Gasteiger charge is 2.10. The molecule has 6 aromatic carbocycles. The Kier molecular flexibility index (Phi) is 12.3. The lowest BCUT2D eigenvalue weighted by atomic mass is 10.2. The van der Waals surface area contributed by atoms with Crippen LogP contribution in [0.4, 0.5) is 20.2 Å². The van der Waals surface area contributed by atoms with E-state index in [1.807, 2.05) is 66.7 Å². The van der Waals surface area contributed by atoms with Crippen LogP contribution in [0.1, 0.15) is 16.7 Å². The molecule has 0 saturated carbocycles. The first-order valence-corrected chi connectivity index (χ1v) is 17.0. The number of halogens is 3. The molecule has 0 aliphatic rings. The van der Waals surface area contributed by atoms with E-state index >= 15 is 0 Å². The van der Waals surface area contributed by atoms with Crippen LogP contribution in [-0.2, 0) is 13.1 Å². The van der Waals surface area contributed by atoms with Gasteiger partial charge in [-0.1, -0.05) is 101 Å². The van der Waals surface area contributed by atoms with E-state index in [0.717, 1.165) is 25.8 Å². The maximum Gasteiger partial charge on any atom is 0.174 e. The van der Waals surface area contributed by atoms with Crippen molar-refractivity contribution < 1.29 is 19.0 Å². The van der Waals surface area contributed by atoms with Gasteiger partial charge in [0.05, 0.1) is 11.4 Å². The predicted molar refractivity (Wildman–Crippen MR) is 195 cm³/mol. The number of phenolic OH excluding ortho intramolecular Hbond substituents is 2. The Morgan fingerprint density at radius 2 is 0.958 bits per heavy atom. The minimum absolute atomic E-state index is 0.346. The van der Waals surface area contributed by atoms with Gasteiger partial charge in [-0.3, -0.25) is 0 Å². The summed E-state index contributed by atoms with van der Waals surface area (Å²) >= 11 is 9.24. The number of para-hydroxylation sites is 2. The van der Waals surface area contributed by atoms with Gasteiger partial charge in [-0.2, -0.15) is 0 Å². The van der Waals surface area contributed by atoms with E-state index in [-0.39, 0.29) is 11.5 Å². The third kappa shape index (κ3) is 9.70. The van der Waals surface area contributed by atoms with Crippen LogP contribution in [0.3, 0.4) is 0 Å². The summed E-state index contributed by atoms with van der Waals surface area (Å²) in [6.07, 6.45) is 0. The summed E-state index contributed by atoms with van der Waals surface area (Å²) < 4.78 is 26.8. The lowest BCUT2D eigenvalue weighted by molar-refractivity contribution is 0.434. The SMILES string of the molecule is Cc1ccc(Sc2ccccc2CNc2cccc(F)c2O)cc1.Oc1c(F)cccc1NCc1ccccc1Sc1ccc(Cl)cc1. The Hall–Kier alpha value is -4.63.